The van der Waals surface area contributed by atoms with Gasteiger partial charge >= 0.3 is 0 Å². The van der Waals surface area contributed by atoms with E-state index in [-0.39, 0.29) is 12.5 Å². The SMILES string of the molecule is CCCCC/C=C/CC/C=C/C(O)C(COC1OC(CO)C(O)C(O)C1O)NC(=O)CCCCCCCCC/C=C\CCCCCCCC. The Balaban J connectivity index is 2.40. The topological polar surface area (TPSA) is 149 Å². The number of unbranched alkanes of at least 4 members (excludes halogenated alkanes) is 17. The van der Waals surface area contributed by atoms with Crippen molar-refractivity contribution in [1.82, 2.24) is 5.32 Å². The Morgan fingerprint density at radius 1 is 0.673 bits per heavy atom. The van der Waals surface area contributed by atoms with Gasteiger partial charge in [-0.2, -0.15) is 0 Å². The Morgan fingerprint density at radius 3 is 1.76 bits per heavy atom. The van der Waals surface area contributed by atoms with Gasteiger partial charge in [0.15, 0.2) is 6.29 Å². The fourth-order valence-electron chi connectivity index (χ4n) is 5.93. The number of carbonyl (C=O) groups excluding carboxylic acids is 1. The van der Waals surface area contributed by atoms with Gasteiger partial charge < -0.3 is 40.3 Å². The molecule has 7 atom stereocenters. The number of carbonyl (C=O) groups is 1. The molecule has 9 heteroatoms. The van der Waals surface area contributed by atoms with E-state index in [1.807, 2.05) is 6.08 Å². The van der Waals surface area contributed by atoms with Gasteiger partial charge in [0.05, 0.1) is 25.4 Å². The van der Waals surface area contributed by atoms with Crippen molar-refractivity contribution < 1.29 is 39.8 Å². The predicted molar refractivity (Wildman–Crippen MR) is 198 cm³/mol. The van der Waals surface area contributed by atoms with Crippen LogP contribution in [0.25, 0.3) is 0 Å². The van der Waals surface area contributed by atoms with Gasteiger partial charge in [-0.15, -0.1) is 0 Å². The number of amides is 1. The zero-order valence-electron chi connectivity index (χ0n) is 30.9. The molecule has 286 valence electrons. The minimum Gasteiger partial charge on any atom is -0.394 e. The van der Waals surface area contributed by atoms with Gasteiger partial charge in [0.2, 0.25) is 5.91 Å². The number of aliphatic hydroxyl groups is 5. The Kier molecular flexibility index (Phi) is 28.9. The Hall–Kier alpha value is -1.59. The highest BCUT2D eigenvalue weighted by molar-refractivity contribution is 5.76. The van der Waals surface area contributed by atoms with E-state index < -0.39 is 49.5 Å². The lowest BCUT2D eigenvalue weighted by molar-refractivity contribution is -0.302. The number of hydrogen-bond acceptors (Lipinski definition) is 8. The first-order valence-electron chi connectivity index (χ1n) is 19.7. The highest BCUT2D eigenvalue weighted by atomic mass is 16.7. The second kappa shape index (κ2) is 31.2. The van der Waals surface area contributed by atoms with Crippen LogP contribution in [0, 0.1) is 0 Å². The highest BCUT2D eigenvalue weighted by Gasteiger charge is 2.44. The van der Waals surface area contributed by atoms with E-state index in [0.717, 1.165) is 51.4 Å². The molecule has 0 saturated carbocycles. The van der Waals surface area contributed by atoms with E-state index in [9.17, 15) is 30.3 Å². The molecule has 6 N–H and O–H groups in total. The van der Waals surface area contributed by atoms with Crippen LogP contribution in [-0.2, 0) is 14.3 Å². The maximum absolute atomic E-state index is 12.8. The fraction of sp³-hybridized carbons (Fsp3) is 0.825. The van der Waals surface area contributed by atoms with Crippen LogP contribution in [0.4, 0.5) is 0 Å². The zero-order chi connectivity index (χ0) is 36.0. The van der Waals surface area contributed by atoms with Crippen LogP contribution >= 0.6 is 0 Å². The zero-order valence-corrected chi connectivity index (χ0v) is 30.9. The molecule has 9 nitrogen and oxygen atoms in total. The molecule has 0 spiro atoms. The van der Waals surface area contributed by atoms with Crippen LogP contribution in [0.15, 0.2) is 36.5 Å². The standard InChI is InChI=1S/C40H73NO8/c1-3-5-7-9-11-13-14-15-16-17-18-19-20-22-24-26-28-30-36(44)41-33(34(43)29-27-25-23-21-12-10-8-6-4-2)32-48-40-39(47)38(46)37(45)35(31-42)49-40/h12,15-16,21,27,29,33-35,37-40,42-43,45-47H,3-11,13-14,17-20,22-26,28,30-32H2,1-2H3,(H,41,44)/b16-15-,21-12+,29-27+. The van der Waals surface area contributed by atoms with E-state index in [1.54, 1.807) is 6.08 Å². The summed E-state index contributed by atoms with van der Waals surface area (Å²) in [6.45, 7) is 3.67. The van der Waals surface area contributed by atoms with Gasteiger partial charge in [0.25, 0.3) is 0 Å². The number of allylic oxidation sites excluding steroid dienone is 5. The smallest absolute Gasteiger partial charge is 0.220 e. The van der Waals surface area contributed by atoms with Crippen molar-refractivity contribution in [2.24, 2.45) is 0 Å². The molecule has 0 aromatic carbocycles. The van der Waals surface area contributed by atoms with Crippen molar-refractivity contribution >= 4 is 5.91 Å². The molecule has 0 radical (unpaired) electrons. The lowest BCUT2D eigenvalue weighted by atomic mass is 9.99. The van der Waals surface area contributed by atoms with Gasteiger partial charge in [0.1, 0.15) is 24.4 Å². The molecule has 0 aliphatic carbocycles. The maximum Gasteiger partial charge on any atom is 0.220 e. The molecule has 0 bridgehead atoms. The summed E-state index contributed by atoms with van der Waals surface area (Å²) in [6, 6.07) is -0.819. The minimum atomic E-state index is -1.57. The van der Waals surface area contributed by atoms with Crippen LogP contribution in [0.2, 0.25) is 0 Å². The van der Waals surface area contributed by atoms with Gasteiger partial charge in [0, 0.05) is 6.42 Å². The van der Waals surface area contributed by atoms with Crippen LogP contribution in [0.1, 0.15) is 155 Å². The number of rotatable bonds is 31. The minimum absolute atomic E-state index is 0.197. The Labute approximate surface area is 298 Å². The van der Waals surface area contributed by atoms with E-state index in [1.165, 1.54) is 83.5 Å². The summed E-state index contributed by atoms with van der Waals surface area (Å²) in [6.07, 6.45) is 29.1. The maximum atomic E-state index is 12.8. The van der Waals surface area contributed by atoms with Crippen LogP contribution in [0.5, 0.6) is 0 Å². The number of ether oxygens (including phenoxy) is 2. The second-order valence-corrected chi connectivity index (χ2v) is 13.7. The van der Waals surface area contributed by atoms with Gasteiger partial charge in [-0.3, -0.25) is 4.79 Å². The van der Waals surface area contributed by atoms with Crippen molar-refractivity contribution in [2.75, 3.05) is 13.2 Å². The molecule has 0 aromatic heterocycles. The summed E-state index contributed by atoms with van der Waals surface area (Å²) in [5, 5.41) is 53.8. The molecule has 1 amide bonds. The van der Waals surface area contributed by atoms with E-state index in [4.69, 9.17) is 9.47 Å². The molecule has 49 heavy (non-hydrogen) atoms. The van der Waals surface area contributed by atoms with Crippen LogP contribution < -0.4 is 5.32 Å². The van der Waals surface area contributed by atoms with Crippen molar-refractivity contribution in [2.45, 2.75) is 198 Å². The third-order valence-corrected chi connectivity index (χ3v) is 9.19. The van der Waals surface area contributed by atoms with Crippen LogP contribution in [0.3, 0.4) is 0 Å². The number of hydrogen-bond donors (Lipinski definition) is 6. The highest BCUT2D eigenvalue weighted by Crippen LogP contribution is 2.22. The molecule has 1 aliphatic heterocycles. The van der Waals surface area contributed by atoms with Crippen LogP contribution in [-0.4, -0.2) is 87.5 Å². The summed E-state index contributed by atoms with van der Waals surface area (Å²) >= 11 is 0. The fourth-order valence-corrected chi connectivity index (χ4v) is 5.93. The number of nitrogens with one attached hydrogen (secondary N) is 1. The van der Waals surface area contributed by atoms with Gasteiger partial charge in [-0.1, -0.05) is 127 Å². The summed E-state index contributed by atoms with van der Waals surface area (Å²) < 4.78 is 11.1. The van der Waals surface area contributed by atoms with Crippen molar-refractivity contribution in [1.29, 1.82) is 0 Å². The molecule has 1 saturated heterocycles. The lowest BCUT2D eigenvalue weighted by Gasteiger charge is -2.40. The first kappa shape index (κ1) is 45.4. The van der Waals surface area contributed by atoms with E-state index in [2.05, 4.69) is 43.5 Å². The predicted octanol–water partition coefficient (Wildman–Crippen LogP) is 6.94. The molecule has 0 aromatic rings. The lowest BCUT2D eigenvalue weighted by Crippen LogP contribution is -2.60. The normalized spacial score (nSPS) is 22.8. The quantitative estimate of drug-likeness (QED) is 0.0338. The van der Waals surface area contributed by atoms with Gasteiger partial charge in [-0.25, -0.2) is 0 Å². The van der Waals surface area contributed by atoms with Crippen molar-refractivity contribution in [3.05, 3.63) is 36.5 Å². The summed E-state index contributed by atoms with van der Waals surface area (Å²) in [5.74, 6) is -0.197. The average Bonchev–Trinajstić information content (AvgIpc) is 3.10. The van der Waals surface area contributed by atoms with Crippen molar-refractivity contribution in [3.63, 3.8) is 0 Å². The monoisotopic (exact) mass is 696 g/mol. The first-order valence-corrected chi connectivity index (χ1v) is 19.7. The molecule has 1 aliphatic rings. The molecule has 1 fully saturated rings. The molecule has 7 unspecified atom stereocenters. The Morgan fingerprint density at radius 2 is 1.16 bits per heavy atom. The molecule has 1 rings (SSSR count). The van der Waals surface area contributed by atoms with E-state index in [0.29, 0.717) is 6.42 Å². The van der Waals surface area contributed by atoms with Gasteiger partial charge in [-0.05, 0) is 57.8 Å². The average molecular weight is 696 g/mol. The summed E-state index contributed by atoms with van der Waals surface area (Å²) in [4.78, 5) is 12.8. The summed E-state index contributed by atoms with van der Waals surface area (Å²) in [7, 11) is 0. The second-order valence-electron chi connectivity index (χ2n) is 13.7. The van der Waals surface area contributed by atoms with E-state index >= 15 is 0 Å². The molecular formula is C40H73NO8. The third kappa shape index (κ3) is 22.8. The number of aliphatic hydroxyl groups excluding tert-OH is 5. The van der Waals surface area contributed by atoms with Crippen molar-refractivity contribution in [3.8, 4) is 0 Å². The third-order valence-electron chi connectivity index (χ3n) is 9.19. The molecular weight excluding hydrogens is 622 g/mol. The largest absolute Gasteiger partial charge is 0.394 e. The Bertz CT molecular complexity index is 863. The summed E-state index contributed by atoms with van der Waals surface area (Å²) in [5.41, 5.74) is 0. The molecule has 1 heterocycles. The first-order chi connectivity index (χ1) is 23.8.